The Morgan fingerprint density at radius 2 is 2.00 bits per heavy atom. The highest BCUT2D eigenvalue weighted by Gasteiger charge is 2.25. The lowest BCUT2D eigenvalue weighted by atomic mass is 10.0. The van der Waals surface area contributed by atoms with Gasteiger partial charge >= 0.3 is 0 Å². The summed E-state index contributed by atoms with van der Waals surface area (Å²) in [6.45, 7) is 6.12. The number of hydrogen-bond donors (Lipinski definition) is 0. The Morgan fingerprint density at radius 1 is 1.47 bits per heavy atom. The number of alkyl halides is 1. The average molecular weight is 233 g/mol. The molecule has 0 aromatic rings. The number of nitrogens with zero attached hydrogens (tertiary/aromatic N) is 2. The zero-order valence-electron chi connectivity index (χ0n) is 9.87. The van der Waals surface area contributed by atoms with Gasteiger partial charge in [-0.05, 0) is 33.7 Å². The summed E-state index contributed by atoms with van der Waals surface area (Å²) >= 11 is 5.53. The van der Waals surface area contributed by atoms with Gasteiger partial charge in [0.05, 0.1) is 0 Å². The Balaban J connectivity index is 2.39. The smallest absolute Gasteiger partial charge is 0.237 e. The van der Waals surface area contributed by atoms with Gasteiger partial charge in [-0.25, -0.2) is 0 Å². The average Bonchev–Trinajstić information content (AvgIpc) is 2.27. The maximum absolute atomic E-state index is 11.4. The van der Waals surface area contributed by atoms with Crippen molar-refractivity contribution >= 4 is 17.5 Å². The van der Waals surface area contributed by atoms with Gasteiger partial charge in [-0.3, -0.25) is 4.79 Å². The predicted molar refractivity (Wildman–Crippen MR) is 63.2 cm³/mol. The Labute approximate surface area is 97.4 Å². The van der Waals surface area contributed by atoms with E-state index >= 15 is 0 Å². The van der Waals surface area contributed by atoms with Crippen molar-refractivity contribution in [3.05, 3.63) is 0 Å². The highest BCUT2D eigenvalue weighted by atomic mass is 35.5. The van der Waals surface area contributed by atoms with Crippen molar-refractivity contribution in [2.24, 2.45) is 0 Å². The summed E-state index contributed by atoms with van der Waals surface area (Å²) in [5.41, 5.74) is 0. The fourth-order valence-electron chi connectivity index (χ4n) is 2.03. The van der Waals surface area contributed by atoms with E-state index in [1.807, 2.05) is 4.90 Å². The van der Waals surface area contributed by atoms with Crippen LogP contribution in [0.25, 0.3) is 0 Å². The summed E-state index contributed by atoms with van der Waals surface area (Å²) in [6, 6.07) is 1.19. The van der Waals surface area contributed by atoms with E-state index in [9.17, 15) is 4.79 Å². The normalized spacial score (nSPS) is 18.9. The molecule has 1 fully saturated rings. The standard InChI is InChI=1S/C11H21ClN2O/c1-9(2)13(3)10-4-6-14(7-5-10)11(15)8-12/h9-10H,4-8H2,1-3H3. The van der Waals surface area contributed by atoms with E-state index in [-0.39, 0.29) is 11.8 Å². The fourth-order valence-corrected chi connectivity index (χ4v) is 2.20. The molecule has 3 nitrogen and oxygen atoms in total. The quantitative estimate of drug-likeness (QED) is 0.690. The minimum Gasteiger partial charge on any atom is -0.342 e. The van der Waals surface area contributed by atoms with E-state index in [0.717, 1.165) is 25.9 Å². The topological polar surface area (TPSA) is 23.6 Å². The molecule has 1 amide bonds. The van der Waals surface area contributed by atoms with E-state index < -0.39 is 0 Å². The van der Waals surface area contributed by atoms with E-state index in [1.165, 1.54) is 0 Å². The summed E-state index contributed by atoms with van der Waals surface area (Å²) in [7, 11) is 2.16. The lowest BCUT2D eigenvalue weighted by Gasteiger charge is -2.38. The second-order valence-corrected chi connectivity index (χ2v) is 4.77. The van der Waals surface area contributed by atoms with Gasteiger partial charge in [-0.1, -0.05) is 0 Å². The lowest BCUT2D eigenvalue weighted by molar-refractivity contribution is -0.130. The maximum atomic E-state index is 11.4. The molecule has 0 unspecified atom stereocenters. The molecule has 1 saturated heterocycles. The van der Waals surface area contributed by atoms with Crippen molar-refractivity contribution in [1.82, 2.24) is 9.80 Å². The van der Waals surface area contributed by atoms with Crippen molar-refractivity contribution in [2.45, 2.75) is 38.8 Å². The summed E-state index contributed by atoms with van der Waals surface area (Å²) in [5, 5.41) is 0. The number of hydrogen-bond acceptors (Lipinski definition) is 2. The number of halogens is 1. The van der Waals surface area contributed by atoms with Gasteiger partial charge in [-0.15, -0.1) is 11.6 Å². The molecule has 88 valence electrons. The number of likely N-dealkylation sites (tertiary alicyclic amines) is 1. The van der Waals surface area contributed by atoms with E-state index in [4.69, 9.17) is 11.6 Å². The van der Waals surface area contributed by atoms with Crippen LogP contribution in [0.5, 0.6) is 0 Å². The van der Waals surface area contributed by atoms with Crippen LogP contribution < -0.4 is 0 Å². The molecule has 15 heavy (non-hydrogen) atoms. The van der Waals surface area contributed by atoms with Gasteiger partial charge in [0.15, 0.2) is 0 Å². The summed E-state index contributed by atoms with van der Waals surface area (Å²) in [4.78, 5) is 15.6. The molecule has 0 atom stereocenters. The van der Waals surface area contributed by atoms with Gasteiger partial charge in [-0.2, -0.15) is 0 Å². The first kappa shape index (κ1) is 12.8. The number of amides is 1. The van der Waals surface area contributed by atoms with Crippen LogP contribution in [0.3, 0.4) is 0 Å². The van der Waals surface area contributed by atoms with Crippen LogP contribution in [-0.4, -0.2) is 53.8 Å². The molecule has 1 aliphatic heterocycles. The van der Waals surface area contributed by atoms with Gasteiger partial charge in [0.1, 0.15) is 5.88 Å². The molecule has 0 spiro atoms. The van der Waals surface area contributed by atoms with Crippen molar-refractivity contribution in [1.29, 1.82) is 0 Å². The largest absolute Gasteiger partial charge is 0.342 e. The van der Waals surface area contributed by atoms with Crippen LogP contribution in [0.1, 0.15) is 26.7 Å². The minimum absolute atomic E-state index is 0.0716. The lowest BCUT2D eigenvalue weighted by Crippen LogP contribution is -2.47. The first-order valence-corrected chi connectivity index (χ1v) is 6.15. The molecular formula is C11H21ClN2O. The Bertz CT molecular complexity index is 213. The van der Waals surface area contributed by atoms with Crippen molar-refractivity contribution in [3.8, 4) is 0 Å². The van der Waals surface area contributed by atoms with Crippen molar-refractivity contribution in [2.75, 3.05) is 26.0 Å². The highest BCUT2D eigenvalue weighted by Crippen LogP contribution is 2.17. The third-order valence-electron chi connectivity index (χ3n) is 3.32. The van der Waals surface area contributed by atoms with E-state index in [1.54, 1.807) is 0 Å². The number of carbonyl (C=O) groups is 1. The zero-order valence-corrected chi connectivity index (χ0v) is 10.6. The molecule has 4 heteroatoms. The summed E-state index contributed by atoms with van der Waals surface area (Å²) in [5.74, 6) is 0.187. The van der Waals surface area contributed by atoms with Crippen LogP contribution in [0.2, 0.25) is 0 Å². The minimum atomic E-state index is 0.0716. The molecule has 0 aliphatic carbocycles. The van der Waals surface area contributed by atoms with Gasteiger partial charge < -0.3 is 9.80 Å². The first-order chi connectivity index (χ1) is 7.06. The second-order valence-electron chi connectivity index (χ2n) is 4.50. The van der Waals surface area contributed by atoms with Crippen LogP contribution in [0.15, 0.2) is 0 Å². The van der Waals surface area contributed by atoms with Crippen molar-refractivity contribution < 1.29 is 4.79 Å². The van der Waals surface area contributed by atoms with Gasteiger partial charge in [0.2, 0.25) is 5.91 Å². The molecule has 0 N–H and O–H groups in total. The molecule has 0 saturated carbocycles. The van der Waals surface area contributed by atoms with Gasteiger partial charge in [0, 0.05) is 25.2 Å². The van der Waals surface area contributed by atoms with Crippen molar-refractivity contribution in [3.63, 3.8) is 0 Å². The molecule has 0 aromatic carbocycles. The molecule has 1 heterocycles. The molecule has 0 radical (unpaired) electrons. The molecule has 0 aromatic heterocycles. The van der Waals surface area contributed by atoms with Crippen LogP contribution in [0.4, 0.5) is 0 Å². The zero-order chi connectivity index (χ0) is 11.4. The first-order valence-electron chi connectivity index (χ1n) is 5.62. The van der Waals surface area contributed by atoms with Crippen LogP contribution in [0, 0.1) is 0 Å². The molecular weight excluding hydrogens is 212 g/mol. The number of piperidine rings is 1. The van der Waals surface area contributed by atoms with Crippen LogP contribution in [-0.2, 0) is 4.79 Å². The number of carbonyl (C=O) groups excluding carboxylic acids is 1. The van der Waals surface area contributed by atoms with E-state index in [0.29, 0.717) is 12.1 Å². The summed E-state index contributed by atoms with van der Waals surface area (Å²) < 4.78 is 0. The monoisotopic (exact) mass is 232 g/mol. The molecule has 0 bridgehead atoms. The second kappa shape index (κ2) is 5.71. The summed E-state index contributed by atoms with van der Waals surface area (Å²) in [6.07, 6.45) is 2.13. The molecule has 1 rings (SSSR count). The third kappa shape index (κ3) is 3.35. The highest BCUT2D eigenvalue weighted by molar-refractivity contribution is 6.27. The predicted octanol–water partition coefficient (Wildman–Crippen LogP) is 1.56. The number of rotatable bonds is 3. The van der Waals surface area contributed by atoms with Gasteiger partial charge in [0.25, 0.3) is 0 Å². The Hall–Kier alpha value is -0.280. The van der Waals surface area contributed by atoms with Crippen LogP contribution >= 0.6 is 11.6 Å². The SMILES string of the molecule is CC(C)N(C)C1CCN(C(=O)CCl)CC1. The third-order valence-corrected chi connectivity index (χ3v) is 3.55. The fraction of sp³-hybridized carbons (Fsp3) is 0.909. The maximum Gasteiger partial charge on any atom is 0.237 e. The molecule has 1 aliphatic rings. The Kier molecular flexibility index (Phi) is 4.87. The Morgan fingerprint density at radius 3 is 2.40 bits per heavy atom. The van der Waals surface area contributed by atoms with E-state index in [2.05, 4.69) is 25.8 Å².